The quantitative estimate of drug-likeness (QED) is 0.769. The summed E-state index contributed by atoms with van der Waals surface area (Å²) >= 11 is 0. The smallest absolute Gasteiger partial charge is 0.0792 e. The van der Waals surface area contributed by atoms with Gasteiger partial charge in [-0.3, -0.25) is 0 Å². The second-order valence-electron chi connectivity index (χ2n) is 5.59. The molecule has 1 nitrogen and oxygen atoms in total. The van der Waals surface area contributed by atoms with E-state index in [4.69, 9.17) is 0 Å². The van der Waals surface area contributed by atoms with Crippen LogP contribution in [0.25, 0.3) is 0 Å². The molecule has 0 amide bonds. The SMILES string of the molecule is CCCC(C)CC(O)c1cccc(C2CC2)c1. The van der Waals surface area contributed by atoms with E-state index >= 15 is 0 Å². The second kappa shape index (κ2) is 5.68. The zero-order valence-electron chi connectivity index (χ0n) is 11.0. The molecule has 1 aliphatic carbocycles. The third kappa shape index (κ3) is 3.57. The molecule has 0 bridgehead atoms. The van der Waals surface area contributed by atoms with Crippen LogP contribution in [0.1, 0.15) is 69.1 Å². The molecule has 1 N–H and O–H groups in total. The molecular formula is C16H24O. The summed E-state index contributed by atoms with van der Waals surface area (Å²) in [5.74, 6) is 1.38. The van der Waals surface area contributed by atoms with Crippen molar-refractivity contribution in [3.05, 3.63) is 35.4 Å². The predicted octanol–water partition coefficient (Wildman–Crippen LogP) is 4.42. The van der Waals surface area contributed by atoms with Gasteiger partial charge in [-0.15, -0.1) is 0 Å². The van der Waals surface area contributed by atoms with E-state index in [2.05, 4.69) is 38.1 Å². The van der Waals surface area contributed by atoms with Crippen LogP contribution < -0.4 is 0 Å². The number of benzene rings is 1. The van der Waals surface area contributed by atoms with E-state index in [1.807, 2.05) is 0 Å². The highest BCUT2D eigenvalue weighted by atomic mass is 16.3. The summed E-state index contributed by atoms with van der Waals surface area (Å²) in [4.78, 5) is 0. The number of hydrogen-bond donors (Lipinski definition) is 1. The van der Waals surface area contributed by atoms with E-state index in [0.717, 1.165) is 17.9 Å². The van der Waals surface area contributed by atoms with E-state index < -0.39 is 0 Å². The fourth-order valence-electron chi connectivity index (χ4n) is 2.56. The van der Waals surface area contributed by atoms with Crippen LogP contribution in [0.2, 0.25) is 0 Å². The maximum absolute atomic E-state index is 10.2. The third-order valence-corrected chi connectivity index (χ3v) is 3.75. The molecular weight excluding hydrogens is 208 g/mol. The molecule has 0 heterocycles. The van der Waals surface area contributed by atoms with Crippen LogP contribution in [-0.4, -0.2) is 5.11 Å². The molecule has 0 aromatic heterocycles. The Morgan fingerprint density at radius 3 is 2.76 bits per heavy atom. The molecule has 0 radical (unpaired) electrons. The first-order valence-electron chi connectivity index (χ1n) is 6.98. The Morgan fingerprint density at radius 2 is 2.12 bits per heavy atom. The predicted molar refractivity (Wildman–Crippen MR) is 72.1 cm³/mol. The van der Waals surface area contributed by atoms with Crippen molar-refractivity contribution in [2.75, 3.05) is 0 Å². The molecule has 0 aliphatic heterocycles. The van der Waals surface area contributed by atoms with Crippen LogP contribution in [0, 0.1) is 5.92 Å². The largest absolute Gasteiger partial charge is 0.388 e. The van der Waals surface area contributed by atoms with Gasteiger partial charge in [0.2, 0.25) is 0 Å². The number of aliphatic hydroxyl groups excluding tert-OH is 1. The lowest BCUT2D eigenvalue weighted by atomic mass is 9.94. The first-order chi connectivity index (χ1) is 8.20. The van der Waals surface area contributed by atoms with Crippen molar-refractivity contribution >= 4 is 0 Å². The Balaban J connectivity index is 1.97. The molecule has 94 valence electrons. The van der Waals surface area contributed by atoms with Gasteiger partial charge in [0.1, 0.15) is 0 Å². The van der Waals surface area contributed by atoms with Gasteiger partial charge < -0.3 is 5.11 Å². The summed E-state index contributed by atoms with van der Waals surface area (Å²) in [6.07, 6.45) is 5.67. The minimum atomic E-state index is -0.282. The van der Waals surface area contributed by atoms with Crippen molar-refractivity contribution in [1.29, 1.82) is 0 Å². The maximum atomic E-state index is 10.2. The molecule has 1 aromatic rings. The molecule has 1 aliphatic rings. The lowest BCUT2D eigenvalue weighted by Crippen LogP contribution is -2.04. The van der Waals surface area contributed by atoms with Crippen LogP contribution in [0.15, 0.2) is 24.3 Å². The van der Waals surface area contributed by atoms with E-state index in [1.54, 1.807) is 0 Å². The first-order valence-corrected chi connectivity index (χ1v) is 6.98. The van der Waals surface area contributed by atoms with Crippen molar-refractivity contribution in [2.24, 2.45) is 5.92 Å². The van der Waals surface area contributed by atoms with Crippen LogP contribution in [0.4, 0.5) is 0 Å². The van der Waals surface area contributed by atoms with E-state index in [-0.39, 0.29) is 6.10 Å². The Morgan fingerprint density at radius 1 is 1.35 bits per heavy atom. The minimum absolute atomic E-state index is 0.282. The van der Waals surface area contributed by atoms with E-state index in [9.17, 15) is 5.11 Å². The molecule has 2 unspecified atom stereocenters. The average molecular weight is 232 g/mol. The Hall–Kier alpha value is -0.820. The highest BCUT2D eigenvalue weighted by Crippen LogP contribution is 2.40. The van der Waals surface area contributed by atoms with Crippen molar-refractivity contribution in [3.8, 4) is 0 Å². The maximum Gasteiger partial charge on any atom is 0.0792 e. The molecule has 2 atom stereocenters. The van der Waals surface area contributed by atoms with Gasteiger partial charge in [0.25, 0.3) is 0 Å². The lowest BCUT2D eigenvalue weighted by molar-refractivity contribution is 0.145. The fraction of sp³-hybridized carbons (Fsp3) is 0.625. The van der Waals surface area contributed by atoms with Gasteiger partial charge in [-0.2, -0.15) is 0 Å². The molecule has 1 heteroatoms. The van der Waals surface area contributed by atoms with Gasteiger partial charge in [0, 0.05) is 0 Å². The van der Waals surface area contributed by atoms with Gasteiger partial charge in [-0.05, 0) is 42.2 Å². The molecule has 17 heavy (non-hydrogen) atoms. The van der Waals surface area contributed by atoms with Crippen LogP contribution in [0.5, 0.6) is 0 Å². The Kier molecular flexibility index (Phi) is 4.22. The average Bonchev–Trinajstić information content (AvgIpc) is 3.13. The molecule has 1 fully saturated rings. The van der Waals surface area contributed by atoms with Gasteiger partial charge >= 0.3 is 0 Å². The lowest BCUT2D eigenvalue weighted by Gasteiger charge is -2.16. The molecule has 1 saturated carbocycles. The zero-order chi connectivity index (χ0) is 12.3. The third-order valence-electron chi connectivity index (χ3n) is 3.75. The highest BCUT2D eigenvalue weighted by molar-refractivity contribution is 5.30. The molecule has 1 aromatic carbocycles. The van der Waals surface area contributed by atoms with E-state index in [0.29, 0.717) is 5.92 Å². The first kappa shape index (κ1) is 12.6. The Bertz CT molecular complexity index is 354. The number of hydrogen-bond acceptors (Lipinski definition) is 1. The van der Waals surface area contributed by atoms with Gasteiger partial charge in [-0.1, -0.05) is 51.0 Å². The van der Waals surface area contributed by atoms with Gasteiger partial charge in [-0.25, -0.2) is 0 Å². The van der Waals surface area contributed by atoms with Gasteiger partial charge in [0.05, 0.1) is 6.10 Å². The summed E-state index contributed by atoms with van der Waals surface area (Å²) in [5, 5.41) is 10.2. The summed E-state index contributed by atoms with van der Waals surface area (Å²) < 4.78 is 0. The molecule has 0 spiro atoms. The highest BCUT2D eigenvalue weighted by Gasteiger charge is 2.24. The number of rotatable bonds is 6. The Labute approximate surface area is 105 Å². The van der Waals surface area contributed by atoms with Gasteiger partial charge in [0.15, 0.2) is 0 Å². The van der Waals surface area contributed by atoms with Crippen molar-refractivity contribution in [3.63, 3.8) is 0 Å². The van der Waals surface area contributed by atoms with E-state index in [1.165, 1.54) is 31.2 Å². The van der Waals surface area contributed by atoms with Crippen LogP contribution >= 0.6 is 0 Å². The normalized spacial score (nSPS) is 19.0. The minimum Gasteiger partial charge on any atom is -0.388 e. The summed E-state index contributed by atoms with van der Waals surface area (Å²) in [5.41, 5.74) is 2.53. The van der Waals surface area contributed by atoms with Crippen LogP contribution in [0.3, 0.4) is 0 Å². The summed E-state index contributed by atoms with van der Waals surface area (Å²) in [7, 11) is 0. The van der Waals surface area contributed by atoms with Crippen LogP contribution in [-0.2, 0) is 0 Å². The monoisotopic (exact) mass is 232 g/mol. The van der Waals surface area contributed by atoms with Crippen molar-refractivity contribution in [2.45, 2.75) is 58.0 Å². The molecule has 2 rings (SSSR count). The fourth-order valence-corrected chi connectivity index (χ4v) is 2.56. The summed E-state index contributed by atoms with van der Waals surface area (Å²) in [6.45, 7) is 4.44. The standard InChI is InChI=1S/C16H24O/c1-3-5-12(2)10-16(17)15-7-4-6-14(11-15)13-8-9-13/h4,6-7,11-13,16-17H,3,5,8-10H2,1-2H3. The number of aliphatic hydroxyl groups is 1. The molecule has 0 saturated heterocycles. The second-order valence-corrected chi connectivity index (χ2v) is 5.59. The van der Waals surface area contributed by atoms with Crippen molar-refractivity contribution < 1.29 is 5.11 Å². The zero-order valence-corrected chi connectivity index (χ0v) is 11.0. The van der Waals surface area contributed by atoms with Crippen molar-refractivity contribution in [1.82, 2.24) is 0 Å². The summed E-state index contributed by atoms with van der Waals surface area (Å²) in [6, 6.07) is 8.57. The topological polar surface area (TPSA) is 20.2 Å².